The molecule has 0 spiro atoms. The van der Waals surface area contributed by atoms with Crippen LogP contribution < -0.4 is 20.7 Å². The lowest BCUT2D eigenvalue weighted by Crippen LogP contribution is -3.07. The van der Waals surface area contributed by atoms with Crippen LogP contribution in [0.3, 0.4) is 0 Å². The maximum absolute atomic E-state index is 12.4. The number of nitrogens with zero attached hydrogens (tertiary/aromatic N) is 2. The minimum Gasteiger partial charge on any atom is -0.491 e. The van der Waals surface area contributed by atoms with Crippen molar-refractivity contribution in [3.8, 4) is 5.75 Å². The summed E-state index contributed by atoms with van der Waals surface area (Å²) >= 11 is 7.08. The zero-order valence-corrected chi connectivity index (χ0v) is 21.2. The smallest absolute Gasteiger partial charge is 0.269 e. The summed E-state index contributed by atoms with van der Waals surface area (Å²) in [6, 6.07) is 3.71. The molecule has 0 fully saturated rings. The van der Waals surface area contributed by atoms with Crippen LogP contribution in [0.5, 0.6) is 5.75 Å². The van der Waals surface area contributed by atoms with Gasteiger partial charge in [0, 0.05) is 31.5 Å². The number of oxime groups is 1. The van der Waals surface area contributed by atoms with Crippen LogP contribution in [0.1, 0.15) is 17.7 Å². The Balaban J connectivity index is 1.49. The molecule has 176 valence electrons. The summed E-state index contributed by atoms with van der Waals surface area (Å²) in [5.41, 5.74) is 7.15. The average Bonchev–Trinajstić information content (AvgIpc) is 3.22. The molecular formula is C22H27Br2N6O3+. The number of allylic oxidation sites excluding steroid dienone is 2. The van der Waals surface area contributed by atoms with Crippen LogP contribution in [0.25, 0.3) is 0 Å². The van der Waals surface area contributed by atoms with E-state index in [1.807, 2.05) is 12.1 Å². The first kappa shape index (κ1) is 25.0. The molecule has 0 saturated carbocycles. The molecular weight excluding hydrogens is 556 g/mol. The molecule has 2 aromatic rings. The zero-order chi connectivity index (χ0) is 23.6. The first-order chi connectivity index (χ1) is 16.0. The van der Waals surface area contributed by atoms with Gasteiger partial charge in [-0.15, -0.1) is 0 Å². The Labute approximate surface area is 209 Å². The molecule has 1 amide bonds. The summed E-state index contributed by atoms with van der Waals surface area (Å²) in [5, 5.41) is 15.3. The van der Waals surface area contributed by atoms with E-state index in [1.165, 1.54) is 4.90 Å². The van der Waals surface area contributed by atoms with Crippen LogP contribution in [-0.2, 0) is 17.6 Å². The number of rotatable bonds is 11. The van der Waals surface area contributed by atoms with Crippen molar-refractivity contribution in [2.75, 3.05) is 32.0 Å². The summed E-state index contributed by atoms with van der Waals surface area (Å²) in [5.74, 6) is 0.588. The molecule has 1 aliphatic heterocycles. The minimum atomic E-state index is -0.443. The van der Waals surface area contributed by atoms with Gasteiger partial charge in [-0.05, 0) is 61.7 Å². The van der Waals surface area contributed by atoms with Crippen molar-refractivity contribution in [1.29, 1.82) is 0 Å². The maximum atomic E-state index is 12.4. The second-order valence-electron chi connectivity index (χ2n) is 7.51. The molecule has 0 bridgehead atoms. The van der Waals surface area contributed by atoms with Gasteiger partial charge in [0.2, 0.25) is 0 Å². The number of nitrogen functional groups attached to an aromatic ring is 1. The lowest BCUT2D eigenvalue weighted by molar-refractivity contribution is -0.841. The quantitative estimate of drug-likeness (QED) is 0.120. The van der Waals surface area contributed by atoms with Crippen molar-refractivity contribution in [2.24, 2.45) is 5.16 Å². The Kier molecular flexibility index (Phi) is 9.52. The third-order valence-corrected chi connectivity index (χ3v) is 6.17. The molecule has 0 saturated heterocycles. The van der Waals surface area contributed by atoms with E-state index in [2.05, 4.69) is 76.7 Å². The molecule has 0 aliphatic carbocycles. The molecule has 1 unspecified atom stereocenters. The molecule has 1 aliphatic rings. The predicted molar refractivity (Wildman–Crippen MR) is 134 cm³/mol. The highest BCUT2D eigenvalue weighted by Gasteiger charge is 2.16. The largest absolute Gasteiger partial charge is 0.491 e. The van der Waals surface area contributed by atoms with E-state index in [1.54, 1.807) is 6.20 Å². The number of imidazole rings is 1. The second-order valence-corrected chi connectivity index (χ2v) is 9.22. The molecule has 1 atom stereocenters. The number of H-pyrrole nitrogens is 1. The summed E-state index contributed by atoms with van der Waals surface area (Å²) in [7, 11) is 0. The van der Waals surface area contributed by atoms with E-state index in [0.717, 1.165) is 39.7 Å². The Morgan fingerprint density at radius 2 is 2.12 bits per heavy atom. The van der Waals surface area contributed by atoms with Crippen LogP contribution in [0.15, 0.2) is 56.9 Å². The van der Waals surface area contributed by atoms with Crippen LogP contribution in [0.2, 0.25) is 0 Å². The number of aromatic nitrogens is 2. The number of nitrogens with one attached hydrogen (secondary N) is 3. The number of benzene rings is 1. The minimum absolute atomic E-state index is 0.0122. The van der Waals surface area contributed by atoms with Crippen molar-refractivity contribution >= 4 is 49.4 Å². The molecule has 6 N–H and O–H groups in total. The van der Waals surface area contributed by atoms with Gasteiger partial charge < -0.3 is 30.9 Å². The Morgan fingerprint density at radius 3 is 2.76 bits per heavy atom. The van der Waals surface area contributed by atoms with E-state index in [4.69, 9.17) is 10.5 Å². The fourth-order valence-corrected chi connectivity index (χ4v) is 4.85. The van der Waals surface area contributed by atoms with E-state index >= 15 is 0 Å². The standard InChI is InChI=1S/C22H26Br2N6O3/c23-17-11-15(12-18(24)20(17)33-10-4-9-30-7-2-1-3-8-30)13-19(29-32)21(31)26-6-5-16-14-27-22(25)28-16/h1-3,7,11-12,14,32H,4-6,8-10,13H2,(H,26,31)(H3,25,27,28)/p+1. The van der Waals surface area contributed by atoms with Crippen molar-refractivity contribution in [3.05, 3.63) is 63.0 Å². The van der Waals surface area contributed by atoms with E-state index in [0.29, 0.717) is 31.3 Å². The van der Waals surface area contributed by atoms with E-state index in [-0.39, 0.29) is 12.1 Å². The Hall–Kier alpha value is -2.63. The third kappa shape index (κ3) is 7.72. The first-order valence-corrected chi connectivity index (χ1v) is 12.1. The molecule has 2 heterocycles. The SMILES string of the molecule is Nc1ncc(CCNC(=O)C(Cc2cc(Br)c(OCCC[NH+]3C=CC=CC3)c(Br)c2)=NO)[nH]1. The van der Waals surface area contributed by atoms with Crippen molar-refractivity contribution in [3.63, 3.8) is 0 Å². The number of halogens is 2. The van der Waals surface area contributed by atoms with Gasteiger partial charge in [-0.2, -0.15) is 0 Å². The molecule has 33 heavy (non-hydrogen) atoms. The van der Waals surface area contributed by atoms with Gasteiger partial charge in [0.05, 0.1) is 34.5 Å². The lowest BCUT2D eigenvalue weighted by atomic mass is 10.1. The highest BCUT2D eigenvalue weighted by molar-refractivity contribution is 9.11. The van der Waals surface area contributed by atoms with Gasteiger partial charge in [0.25, 0.3) is 5.91 Å². The van der Waals surface area contributed by atoms with Gasteiger partial charge in [-0.1, -0.05) is 11.2 Å². The van der Waals surface area contributed by atoms with Crippen molar-refractivity contribution in [1.82, 2.24) is 15.3 Å². The number of hydrogen-bond donors (Lipinski definition) is 5. The number of quaternary nitrogens is 1. The lowest BCUT2D eigenvalue weighted by Gasteiger charge is -2.16. The van der Waals surface area contributed by atoms with Gasteiger partial charge in [0.1, 0.15) is 18.0 Å². The second kappa shape index (κ2) is 12.6. The molecule has 3 rings (SSSR count). The Morgan fingerprint density at radius 1 is 1.33 bits per heavy atom. The maximum Gasteiger partial charge on any atom is 0.269 e. The van der Waals surface area contributed by atoms with Crippen LogP contribution in [-0.4, -0.2) is 53.0 Å². The third-order valence-electron chi connectivity index (χ3n) is 4.99. The molecule has 1 aromatic heterocycles. The number of amides is 1. The van der Waals surface area contributed by atoms with Crippen LogP contribution in [0.4, 0.5) is 5.95 Å². The van der Waals surface area contributed by atoms with Crippen molar-refractivity contribution < 1.29 is 19.6 Å². The summed E-state index contributed by atoms with van der Waals surface area (Å²) in [4.78, 5) is 20.6. The monoisotopic (exact) mass is 581 g/mol. The fraction of sp³-hybridized carbons (Fsp3) is 0.318. The summed E-state index contributed by atoms with van der Waals surface area (Å²) < 4.78 is 7.48. The number of ether oxygens (including phenoxy) is 1. The fourth-order valence-electron chi connectivity index (χ4n) is 3.34. The number of aromatic amines is 1. The number of carbonyl (C=O) groups excluding carboxylic acids is 1. The number of nitrogens with two attached hydrogens (primary N) is 1. The highest BCUT2D eigenvalue weighted by atomic mass is 79.9. The molecule has 9 nitrogen and oxygen atoms in total. The summed E-state index contributed by atoms with van der Waals surface area (Å²) in [6.07, 6.45) is 11.7. The van der Waals surface area contributed by atoms with Gasteiger partial charge >= 0.3 is 0 Å². The van der Waals surface area contributed by atoms with E-state index in [9.17, 15) is 10.0 Å². The normalized spacial score (nSPS) is 15.6. The number of carbonyl (C=O) groups is 1. The number of hydrogen-bond acceptors (Lipinski definition) is 6. The van der Waals surface area contributed by atoms with Gasteiger partial charge in [-0.3, -0.25) is 4.79 Å². The van der Waals surface area contributed by atoms with Gasteiger partial charge in [-0.25, -0.2) is 4.98 Å². The molecule has 1 aromatic carbocycles. The topological polar surface area (TPSA) is 130 Å². The summed E-state index contributed by atoms with van der Waals surface area (Å²) in [6.45, 7) is 2.93. The highest BCUT2D eigenvalue weighted by Crippen LogP contribution is 2.35. The predicted octanol–water partition coefficient (Wildman–Crippen LogP) is 1.99. The Bertz CT molecular complexity index is 1030. The molecule has 11 heteroatoms. The van der Waals surface area contributed by atoms with Gasteiger partial charge in [0.15, 0.2) is 5.95 Å². The van der Waals surface area contributed by atoms with Crippen LogP contribution >= 0.6 is 31.9 Å². The molecule has 0 radical (unpaired) electrons. The average molecular weight is 583 g/mol. The van der Waals surface area contributed by atoms with Crippen LogP contribution in [0, 0.1) is 0 Å². The van der Waals surface area contributed by atoms with Crippen molar-refractivity contribution in [2.45, 2.75) is 19.3 Å². The first-order valence-electron chi connectivity index (χ1n) is 10.5. The number of anilines is 1. The van der Waals surface area contributed by atoms with E-state index < -0.39 is 5.91 Å². The zero-order valence-electron chi connectivity index (χ0n) is 18.0.